The number of carbonyl (C=O) groups is 2. The zero-order valence-electron chi connectivity index (χ0n) is 23.0. The summed E-state index contributed by atoms with van der Waals surface area (Å²) in [5, 5.41) is 0. The highest BCUT2D eigenvalue weighted by Gasteiger charge is 2.22. The summed E-state index contributed by atoms with van der Waals surface area (Å²) in [5.41, 5.74) is 0. The van der Waals surface area contributed by atoms with Crippen LogP contribution in [0.25, 0.3) is 0 Å². The lowest BCUT2D eigenvalue weighted by atomic mass is 10.1. The zero-order chi connectivity index (χ0) is 28.3. The molecule has 9 heteroatoms. The predicted molar refractivity (Wildman–Crippen MR) is 151 cm³/mol. The zero-order valence-corrected chi connectivity index (χ0v) is 23.9. The summed E-state index contributed by atoms with van der Waals surface area (Å²) in [7, 11) is -4.76. The van der Waals surface area contributed by atoms with Gasteiger partial charge >= 0.3 is 19.8 Å². The molecule has 38 heavy (non-hydrogen) atoms. The Hall–Kier alpha value is -2.25. The van der Waals surface area contributed by atoms with Crippen molar-refractivity contribution in [3.63, 3.8) is 0 Å². The molecule has 0 spiro atoms. The Morgan fingerprint density at radius 2 is 1.24 bits per heavy atom. The number of hydrogen-bond donors (Lipinski definition) is 2. The first-order chi connectivity index (χ1) is 18.3. The van der Waals surface area contributed by atoms with Crippen LogP contribution >= 0.6 is 7.82 Å². The number of phosphoric ester groups is 1. The molecule has 0 saturated heterocycles. The fourth-order valence-corrected chi connectivity index (χ4v) is 3.45. The molecule has 0 aromatic carbocycles. The van der Waals surface area contributed by atoms with Crippen LogP contribution in [0.1, 0.15) is 90.9 Å². The van der Waals surface area contributed by atoms with Crippen molar-refractivity contribution in [3.8, 4) is 0 Å². The second kappa shape index (κ2) is 25.1. The Morgan fingerprint density at radius 1 is 0.711 bits per heavy atom. The van der Waals surface area contributed by atoms with Crippen molar-refractivity contribution in [2.75, 3.05) is 13.2 Å². The van der Waals surface area contributed by atoms with Crippen molar-refractivity contribution >= 4 is 19.8 Å². The van der Waals surface area contributed by atoms with E-state index < -0.39 is 32.5 Å². The van der Waals surface area contributed by atoms with E-state index >= 15 is 0 Å². The van der Waals surface area contributed by atoms with Gasteiger partial charge in [-0.15, -0.1) is 0 Å². The number of hydrogen-bond acceptors (Lipinski definition) is 6. The standard InChI is InChI=1S/C29H47O8P/c1-3-5-7-9-10-11-12-13-14-15-16-17-18-20-22-24-29(31)37-27(26-36-38(32,33)34)25-35-28(30)23-21-19-8-6-4-2/h5,7,10-11,13-14,16-17,20,22,27H,3-4,6,8-9,12,15,18-19,21,23-26H2,1-2H3,(H2,32,33,34)/b7-5-,11-10-,14-13-,17-16-,22-20-. The highest BCUT2D eigenvalue weighted by molar-refractivity contribution is 7.46. The van der Waals surface area contributed by atoms with Crippen LogP contribution in [-0.2, 0) is 28.2 Å². The molecule has 216 valence electrons. The lowest BCUT2D eigenvalue weighted by Gasteiger charge is -2.18. The molecular formula is C29H47O8P. The summed E-state index contributed by atoms with van der Waals surface area (Å²) in [5.74, 6) is -1.06. The van der Waals surface area contributed by atoms with Crippen molar-refractivity contribution in [1.82, 2.24) is 0 Å². The van der Waals surface area contributed by atoms with Gasteiger partial charge in [-0.1, -0.05) is 100 Å². The molecule has 0 saturated carbocycles. The number of allylic oxidation sites excluding steroid dienone is 9. The van der Waals surface area contributed by atoms with Crippen LogP contribution in [-0.4, -0.2) is 41.0 Å². The van der Waals surface area contributed by atoms with Gasteiger partial charge in [-0.2, -0.15) is 0 Å². The summed E-state index contributed by atoms with van der Waals surface area (Å²) >= 11 is 0. The molecule has 1 unspecified atom stereocenters. The Morgan fingerprint density at radius 3 is 1.76 bits per heavy atom. The van der Waals surface area contributed by atoms with Gasteiger partial charge in [-0.25, -0.2) is 4.57 Å². The smallest absolute Gasteiger partial charge is 0.462 e. The van der Waals surface area contributed by atoms with Crippen molar-refractivity contribution in [1.29, 1.82) is 0 Å². The van der Waals surface area contributed by atoms with E-state index in [0.717, 1.165) is 51.4 Å². The largest absolute Gasteiger partial charge is 0.469 e. The second-order valence-corrected chi connectivity index (χ2v) is 9.90. The first-order valence-corrected chi connectivity index (χ1v) is 15.1. The lowest BCUT2D eigenvalue weighted by Crippen LogP contribution is -2.29. The molecule has 0 aromatic rings. The molecular weight excluding hydrogens is 507 g/mol. The molecule has 0 fully saturated rings. The molecule has 0 aliphatic rings. The van der Waals surface area contributed by atoms with Gasteiger partial charge in [0.05, 0.1) is 13.0 Å². The highest BCUT2D eigenvalue weighted by Crippen LogP contribution is 2.35. The Labute approximate surface area is 228 Å². The van der Waals surface area contributed by atoms with Gasteiger partial charge < -0.3 is 19.3 Å². The van der Waals surface area contributed by atoms with E-state index in [1.54, 1.807) is 6.08 Å². The maximum absolute atomic E-state index is 12.1. The second-order valence-electron chi connectivity index (χ2n) is 8.66. The third kappa shape index (κ3) is 26.8. The summed E-state index contributed by atoms with van der Waals surface area (Å²) in [4.78, 5) is 41.9. The van der Waals surface area contributed by atoms with Gasteiger partial charge in [0.1, 0.15) is 6.61 Å². The first kappa shape index (κ1) is 35.8. The van der Waals surface area contributed by atoms with Crippen LogP contribution in [0.15, 0.2) is 60.8 Å². The van der Waals surface area contributed by atoms with Gasteiger partial charge in [-0.3, -0.25) is 14.1 Å². The van der Waals surface area contributed by atoms with Crippen LogP contribution in [0.4, 0.5) is 0 Å². The average Bonchev–Trinajstić information content (AvgIpc) is 2.87. The molecule has 1 atom stereocenters. The predicted octanol–water partition coefficient (Wildman–Crippen LogP) is 7.05. The van der Waals surface area contributed by atoms with E-state index in [9.17, 15) is 14.2 Å². The maximum Gasteiger partial charge on any atom is 0.469 e. The topological polar surface area (TPSA) is 119 Å². The monoisotopic (exact) mass is 554 g/mol. The van der Waals surface area contributed by atoms with E-state index in [1.165, 1.54) is 0 Å². The molecule has 0 aliphatic carbocycles. The lowest BCUT2D eigenvalue weighted by molar-refractivity contribution is -0.160. The minimum Gasteiger partial charge on any atom is -0.462 e. The Kier molecular flexibility index (Phi) is 23.6. The van der Waals surface area contributed by atoms with Gasteiger partial charge in [0.25, 0.3) is 0 Å². The molecule has 0 aliphatic heterocycles. The minimum absolute atomic E-state index is 0.0225. The summed E-state index contributed by atoms with van der Waals surface area (Å²) in [6, 6.07) is 0. The number of phosphoric acid groups is 1. The number of unbranched alkanes of at least 4 members (excludes halogenated alkanes) is 4. The van der Waals surface area contributed by atoms with E-state index in [0.29, 0.717) is 12.8 Å². The van der Waals surface area contributed by atoms with Crippen LogP contribution < -0.4 is 0 Å². The van der Waals surface area contributed by atoms with Crippen LogP contribution in [0.2, 0.25) is 0 Å². The molecule has 0 radical (unpaired) electrons. The summed E-state index contributed by atoms with van der Waals surface area (Å²) in [6.45, 7) is 3.32. The fourth-order valence-electron chi connectivity index (χ4n) is 3.09. The first-order valence-electron chi connectivity index (χ1n) is 13.6. The van der Waals surface area contributed by atoms with Crippen molar-refractivity contribution in [3.05, 3.63) is 60.8 Å². The highest BCUT2D eigenvalue weighted by atomic mass is 31.2. The SMILES string of the molecule is CC/C=C\C/C=C\C/C=C\C/C=C\C/C=C\CC(=O)OC(COC(=O)CCCCCCC)COP(=O)(O)O. The van der Waals surface area contributed by atoms with Gasteiger partial charge in [0.15, 0.2) is 6.10 Å². The van der Waals surface area contributed by atoms with E-state index in [-0.39, 0.29) is 19.4 Å². The number of carbonyl (C=O) groups excluding carboxylic acids is 2. The third-order valence-corrected chi connectivity index (χ3v) is 5.57. The summed E-state index contributed by atoms with van der Waals surface area (Å²) < 4.78 is 25.8. The van der Waals surface area contributed by atoms with E-state index in [1.807, 2.05) is 18.2 Å². The van der Waals surface area contributed by atoms with E-state index in [2.05, 4.69) is 54.8 Å². The maximum atomic E-state index is 12.1. The van der Waals surface area contributed by atoms with Crippen LogP contribution in [0.3, 0.4) is 0 Å². The Balaban J connectivity index is 4.28. The molecule has 8 nitrogen and oxygen atoms in total. The molecule has 0 bridgehead atoms. The fraction of sp³-hybridized carbons (Fsp3) is 0.586. The van der Waals surface area contributed by atoms with Gasteiger partial charge in [0.2, 0.25) is 0 Å². The molecule has 0 amide bonds. The van der Waals surface area contributed by atoms with Crippen molar-refractivity contribution in [2.24, 2.45) is 0 Å². The normalized spacial score (nSPS) is 13.5. The van der Waals surface area contributed by atoms with Crippen LogP contribution in [0.5, 0.6) is 0 Å². The minimum atomic E-state index is -4.76. The summed E-state index contributed by atoms with van der Waals surface area (Å²) in [6.07, 6.45) is 28.8. The van der Waals surface area contributed by atoms with Crippen molar-refractivity contribution < 1.29 is 37.9 Å². The van der Waals surface area contributed by atoms with E-state index in [4.69, 9.17) is 19.3 Å². The Bertz CT molecular complexity index is 807. The molecule has 2 N–H and O–H groups in total. The molecule has 0 aromatic heterocycles. The van der Waals surface area contributed by atoms with Gasteiger partial charge in [0, 0.05) is 6.42 Å². The number of ether oxygens (including phenoxy) is 2. The quantitative estimate of drug-likeness (QED) is 0.0597. The molecule has 0 heterocycles. The average molecular weight is 555 g/mol. The van der Waals surface area contributed by atoms with Crippen molar-refractivity contribution in [2.45, 2.75) is 97.0 Å². The van der Waals surface area contributed by atoms with Gasteiger partial charge in [-0.05, 0) is 38.5 Å². The van der Waals surface area contributed by atoms with Crippen LogP contribution in [0, 0.1) is 0 Å². The number of esters is 2. The third-order valence-electron chi connectivity index (χ3n) is 5.08. The molecule has 0 rings (SSSR count). The number of rotatable bonds is 23.